The summed E-state index contributed by atoms with van der Waals surface area (Å²) >= 11 is 0. The Balaban J connectivity index is 3.07. The predicted octanol–water partition coefficient (Wildman–Crippen LogP) is 1.08. The molecule has 3 heteroatoms. The lowest BCUT2D eigenvalue weighted by Crippen LogP contribution is -2.61. The molecular weight excluding hydrogens is 192 g/mol. The molecule has 1 rings (SSSR count). The molecular formula is C12H22O3. The van der Waals surface area contributed by atoms with Gasteiger partial charge < -0.3 is 15.3 Å². The summed E-state index contributed by atoms with van der Waals surface area (Å²) in [6, 6.07) is 0. The molecule has 0 bridgehead atoms. The Kier molecular flexibility index (Phi) is 3.03. The molecule has 1 fully saturated rings. The summed E-state index contributed by atoms with van der Waals surface area (Å²) in [5.74, 6) is -0.444. The van der Waals surface area contributed by atoms with Crippen LogP contribution in [0.3, 0.4) is 0 Å². The van der Waals surface area contributed by atoms with E-state index in [1.165, 1.54) is 0 Å². The maximum atomic E-state index is 10.3. The van der Waals surface area contributed by atoms with Crippen LogP contribution in [0.2, 0.25) is 0 Å². The molecule has 3 N–H and O–H groups in total. The second-order valence-corrected chi connectivity index (χ2v) is 5.27. The van der Waals surface area contributed by atoms with E-state index in [1.54, 1.807) is 20.8 Å². The van der Waals surface area contributed by atoms with Crippen LogP contribution in [0.1, 0.15) is 34.1 Å². The van der Waals surface area contributed by atoms with Crippen molar-refractivity contribution in [3.05, 3.63) is 12.2 Å². The highest BCUT2D eigenvalue weighted by Crippen LogP contribution is 2.45. The van der Waals surface area contributed by atoms with Gasteiger partial charge in [-0.2, -0.15) is 0 Å². The number of hydrogen-bond donors (Lipinski definition) is 3. The van der Waals surface area contributed by atoms with Crippen molar-refractivity contribution in [3.8, 4) is 0 Å². The standard InChI is InChI=1S/C12H22O3/c1-7(2)12(15)6-8(3)11(5,14)9(4)10(12)13/h8-10,13-15H,1,6H2,2-5H3/t8-,9+,10-,11-,12-/m1/s1. The Morgan fingerprint density at radius 3 is 2.20 bits per heavy atom. The average Bonchev–Trinajstić information content (AvgIpc) is 2.12. The Hall–Kier alpha value is -0.380. The molecule has 0 unspecified atom stereocenters. The topological polar surface area (TPSA) is 60.7 Å². The highest BCUT2D eigenvalue weighted by atomic mass is 16.3. The summed E-state index contributed by atoms with van der Waals surface area (Å²) in [6.45, 7) is 10.8. The van der Waals surface area contributed by atoms with Gasteiger partial charge in [-0.1, -0.05) is 20.4 Å². The number of rotatable bonds is 1. The van der Waals surface area contributed by atoms with E-state index >= 15 is 0 Å². The molecule has 1 aliphatic rings. The van der Waals surface area contributed by atoms with E-state index in [0.29, 0.717) is 12.0 Å². The van der Waals surface area contributed by atoms with E-state index in [2.05, 4.69) is 6.58 Å². The van der Waals surface area contributed by atoms with Gasteiger partial charge in [-0.25, -0.2) is 0 Å². The summed E-state index contributed by atoms with van der Waals surface area (Å²) in [7, 11) is 0. The first-order valence-corrected chi connectivity index (χ1v) is 5.42. The molecule has 88 valence electrons. The maximum Gasteiger partial charge on any atom is 0.112 e. The largest absolute Gasteiger partial charge is 0.390 e. The molecule has 0 aromatic carbocycles. The first-order chi connectivity index (χ1) is 6.64. The van der Waals surface area contributed by atoms with Gasteiger partial charge in [0.2, 0.25) is 0 Å². The van der Waals surface area contributed by atoms with Gasteiger partial charge in [-0.3, -0.25) is 0 Å². The zero-order valence-corrected chi connectivity index (χ0v) is 9.99. The van der Waals surface area contributed by atoms with Gasteiger partial charge in [0.05, 0.1) is 11.7 Å². The molecule has 3 nitrogen and oxygen atoms in total. The fraction of sp³-hybridized carbons (Fsp3) is 0.833. The average molecular weight is 214 g/mol. The van der Waals surface area contributed by atoms with Crippen LogP contribution >= 0.6 is 0 Å². The lowest BCUT2D eigenvalue weighted by atomic mass is 9.61. The van der Waals surface area contributed by atoms with Crippen LogP contribution in [0.15, 0.2) is 12.2 Å². The third-order valence-electron chi connectivity index (χ3n) is 4.24. The van der Waals surface area contributed by atoms with Gasteiger partial charge in [0.25, 0.3) is 0 Å². The third-order valence-corrected chi connectivity index (χ3v) is 4.24. The zero-order valence-electron chi connectivity index (χ0n) is 9.99. The van der Waals surface area contributed by atoms with E-state index in [-0.39, 0.29) is 11.8 Å². The van der Waals surface area contributed by atoms with Crippen molar-refractivity contribution in [3.63, 3.8) is 0 Å². The van der Waals surface area contributed by atoms with Gasteiger partial charge in [0.15, 0.2) is 0 Å². The van der Waals surface area contributed by atoms with Gasteiger partial charge in [-0.15, -0.1) is 0 Å². The minimum Gasteiger partial charge on any atom is -0.390 e. The minimum absolute atomic E-state index is 0.0717. The second kappa shape index (κ2) is 3.58. The summed E-state index contributed by atoms with van der Waals surface area (Å²) < 4.78 is 0. The summed E-state index contributed by atoms with van der Waals surface area (Å²) in [5.41, 5.74) is -1.65. The number of aliphatic hydroxyl groups excluding tert-OH is 1. The SMILES string of the molecule is C=C(C)[C@]1(O)C[C@@H](C)[C@@](C)(O)[C@@H](C)[C@H]1O. The lowest BCUT2D eigenvalue weighted by Gasteiger charge is -2.51. The quantitative estimate of drug-likeness (QED) is 0.572. The van der Waals surface area contributed by atoms with Crippen LogP contribution in [0.4, 0.5) is 0 Å². The molecule has 0 spiro atoms. The molecule has 15 heavy (non-hydrogen) atoms. The Morgan fingerprint density at radius 2 is 1.80 bits per heavy atom. The van der Waals surface area contributed by atoms with Crippen LogP contribution in [0.25, 0.3) is 0 Å². The number of aliphatic hydroxyl groups is 3. The van der Waals surface area contributed by atoms with Crippen molar-refractivity contribution < 1.29 is 15.3 Å². The Morgan fingerprint density at radius 1 is 1.33 bits per heavy atom. The van der Waals surface area contributed by atoms with Crippen molar-refractivity contribution in [2.75, 3.05) is 0 Å². The lowest BCUT2D eigenvalue weighted by molar-refractivity contribution is -0.193. The molecule has 0 saturated heterocycles. The van der Waals surface area contributed by atoms with E-state index in [1.807, 2.05) is 6.92 Å². The smallest absolute Gasteiger partial charge is 0.112 e. The van der Waals surface area contributed by atoms with Crippen LogP contribution in [0, 0.1) is 11.8 Å². The second-order valence-electron chi connectivity index (χ2n) is 5.27. The molecule has 5 atom stereocenters. The Labute approximate surface area is 91.4 Å². The zero-order chi connectivity index (χ0) is 12.0. The monoisotopic (exact) mass is 214 g/mol. The van der Waals surface area contributed by atoms with Crippen molar-refractivity contribution in [2.45, 2.75) is 51.4 Å². The molecule has 1 aliphatic carbocycles. The highest BCUT2D eigenvalue weighted by Gasteiger charge is 2.54. The van der Waals surface area contributed by atoms with Crippen LogP contribution in [-0.2, 0) is 0 Å². The first kappa shape index (κ1) is 12.7. The van der Waals surface area contributed by atoms with Crippen molar-refractivity contribution in [1.82, 2.24) is 0 Å². The van der Waals surface area contributed by atoms with Gasteiger partial charge in [0.1, 0.15) is 5.60 Å². The van der Waals surface area contributed by atoms with Gasteiger partial charge in [-0.05, 0) is 31.8 Å². The molecule has 0 amide bonds. The normalized spacial score (nSPS) is 51.5. The Bertz CT molecular complexity index is 272. The van der Waals surface area contributed by atoms with Gasteiger partial charge >= 0.3 is 0 Å². The first-order valence-electron chi connectivity index (χ1n) is 5.42. The molecule has 0 aliphatic heterocycles. The predicted molar refractivity (Wildman–Crippen MR) is 59.3 cm³/mol. The van der Waals surface area contributed by atoms with E-state index in [9.17, 15) is 15.3 Å². The van der Waals surface area contributed by atoms with Crippen molar-refractivity contribution in [2.24, 2.45) is 11.8 Å². The summed E-state index contributed by atoms with van der Waals surface area (Å²) in [4.78, 5) is 0. The minimum atomic E-state index is -1.26. The molecule has 0 aromatic rings. The summed E-state index contributed by atoms with van der Waals surface area (Å²) in [5, 5.41) is 30.6. The van der Waals surface area contributed by atoms with Crippen LogP contribution < -0.4 is 0 Å². The third kappa shape index (κ3) is 1.73. The molecule has 0 heterocycles. The molecule has 0 radical (unpaired) electrons. The van der Waals surface area contributed by atoms with E-state index < -0.39 is 17.3 Å². The van der Waals surface area contributed by atoms with Crippen molar-refractivity contribution in [1.29, 1.82) is 0 Å². The van der Waals surface area contributed by atoms with Crippen LogP contribution in [-0.4, -0.2) is 32.6 Å². The fourth-order valence-corrected chi connectivity index (χ4v) is 2.40. The molecule has 0 aromatic heterocycles. The van der Waals surface area contributed by atoms with E-state index in [4.69, 9.17) is 0 Å². The number of hydrogen-bond acceptors (Lipinski definition) is 3. The maximum absolute atomic E-state index is 10.3. The van der Waals surface area contributed by atoms with Gasteiger partial charge in [0, 0.05) is 5.92 Å². The summed E-state index contributed by atoms with van der Waals surface area (Å²) in [6.07, 6.45) is -0.609. The highest BCUT2D eigenvalue weighted by molar-refractivity contribution is 5.19. The van der Waals surface area contributed by atoms with E-state index in [0.717, 1.165) is 0 Å². The fourth-order valence-electron chi connectivity index (χ4n) is 2.40. The molecule has 1 saturated carbocycles. The van der Waals surface area contributed by atoms with Crippen LogP contribution in [0.5, 0.6) is 0 Å². The van der Waals surface area contributed by atoms with Crippen molar-refractivity contribution >= 4 is 0 Å².